The van der Waals surface area contributed by atoms with Crippen molar-refractivity contribution in [2.75, 3.05) is 6.54 Å². The fourth-order valence-electron chi connectivity index (χ4n) is 2.47. The van der Waals surface area contributed by atoms with E-state index in [9.17, 15) is 14.0 Å². The van der Waals surface area contributed by atoms with Crippen LogP contribution in [0.5, 0.6) is 0 Å². The Morgan fingerprint density at radius 1 is 1.15 bits per heavy atom. The van der Waals surface area contributed by atoms with E-state index >= 15 is 0 Å². The number of benzene rings is 2. The van der Waals surface area contributed by atoms with Gasteiger partial charge in [-0.2, -0.15) is 0 Å². The van der Waals surface area contributed by atoms with Gasteiger partial charge in [-0.15, -0.1) is 0 Å². The van der Waals surface area contributed by atoms with Crippen molar-refractivity contribution in [2.24, 2.45) is 0 Å². The zero-order chi connectivity index (χ0) is 19.4. The van der Waals surface area contributed by atoms with Crippen LogP contribution in [-0.2, 0) is 11.2 Å². The summed E-state index contributed by atoms with van der Waals surface area (Å²) < 4.78 is 18.5. The molecule has 0 radical (unpaired) electrons. The maximum absolute atomic E-state index is 12.9. The molecule has 2 aromatic carbocycles. The second-order valence-corrected chi connectivity index (χ2v) is 6.29. The monoisotopic (exact) mass is 386 g/mol. The first-order valence-electron chi connectivity index (χ1n) is 8.20. The molecule has 138 valence electrons. The predicted octanol–water partition coefficient (Wildman–Crippen LogP) is 3.98. The lowest BCUT2D eigenvalue weighted by Crippen LogP contribution is -2.31. The Hall–Kier alpha value is -2.99. The molecular weight excluding hydrogens is 371 g/mol. The number of carbonyl (C=O) groups excluding carboxylic acids is 2. The van der Waals surface area contributed by atoms with Gasteiger partial charge >= 0.3 is 0 Å². The summed E-state index contributed by atoms with van der Waals surface area (Å²) in [5.41, 5.74) is 1.44. The molecule has 0 bridgehead atoms. The van der Waals surface area contributed by atoms with E-state index in [-0.39, 0.29) is 24.7 Å². The predicted molar refractivity (Wildman–Crippen MR) is 99.1 cm³/mol. The summed E-state index contributed by atoms with van der Waals surface area (Å²) in [5.74, 6) is -0.260. The quantitative estimate of drug-likeness (QED) is 0.650. The first-order chi connectivity index (χ1) is 12.9. The summed E-state index contributed by atoms with van der Waals surface area (Å²) >= 11 is 6.14. The summed E-state index contributed by atoms with van der Waals surface area (Å²) in [7, 11) is 0. The average Bonchev–Trinajstić information content (AvgIpc) is 3.01. The largest absolute Gasteiger partial charge is 0.441 e. The number of nitrogens with zero attached hydrogens (tertiary/aromatic N) is 1. The van der Waals surface area contributed by atoms with E-state index in [4.69, 9.17) is 16.0 Å². The third-order valence-electron chi connectivity index (χ3n) is 3.94. The number of amides is 1. The number of Topliss-reactive ketones (excluding diaryl/α,β-unsaturated/α-hetero) is 1. The molecule has 1 aromatic heterocycles. The molecule has 0 saturated heterocycles. The van der Waals surface area contributed by atoms with Crippen LogP contribution in [0.15, 0.2) is 52.9 Å². The highest BCUT2D eigenvalue weighted by molar-refractivity contribution is 6.33. The van der Waals surface area contributed by atoms with Crippen molar-refractivity contribution in [2.45, 2.75) is 13.3 Å². The van der Waals surface area contributed by atoms with Gasteiger partial charge in [-0.1, -0.05) is 23.7 Å². The van der Waals surface area contributed by atoms with E-state index in [2.05, 4.69) is 10.3 Å². The van der Waals surface area contributed by atoms with Crippen LogP contribution in [0.3, 0.4) is 0 Å². The Morgan fingerprint density at radius 2 is 1.85 bits per heavy atom. The van der Waals surface area contributed by atoms with Gasteiger partial charge in [0.1, 0.15) is 11.6 Å². The topological polar surface area (TPSA) is 72.2 Å². The van der Waals surface area contributed by atoms with Crippen LogP contribution in [0.2, 0.25) is 5.02 Å². The smallest absolute Gasteiger partial charge is 0.228 e. The van der Waals surface area contributed by atoms with Gasteiger partial charge in [-0.05, 0) is 43.3 Å². The highest BCUT2D eigenvalue weighted by Crippen LogP contribution is 2.28. The molecule has 0 fully saturated rings. The van der Waals surface area contributed by atoms with Crippen LogP contribution >= 0.6 is 11.6 Å². The van der Waals surface area contributed by atoms with Gasteiger partial charge < -0.3 is 9.73 Å². The van der Waals surface area contributed by atoms with Gasteiger partial charge in [-0.25, -0.2) is 9.37 Å². The number of ketones is 1. The molecular formula is C20H16ClFN2O3. The summed E-state index contributed by atoms with van der Waals surface area (Å²) in [4.78, 5) is 28.5. The number of halogens is 2. The van der Waals surface area contributed by atoms with Crippen molar-refractivity contribution in [3.63, 3.8) is 0 Å². The van der Waals surface area contributed by atoms with E-state index < -0.39 is 5.82 Å². The Balaban J connectivity index is 1.62. The fraction of sp³-hybridized carbons (Fsp3) is 0.150. The normalized spacial score (nSPS) is 10.6. The molecule has 0 saturated carbocycles. The highest BCUT2D eigenvalue weighted by Gasteiger charge is 2.17. The molecule has 7 heteroatoms. The molecule has 5 nitrogen and oxygen atoms in total. The van der Waals surface area contributed by atoms with Gasteiger partial charge in [0.25, 0.3) is 0 Å². The molecule has 0 spiro atoms. The first-order valence-corrected chi connectivity index (χ1v) is 8.58. The molecule has 3 rings (SSSR count). The number of rotatable bonds is 6. The maximum Gasteiger partial charge on any atom is 0.228 e. The Morgan fingerprint density at radius 3 is 2.56 bits per heavy atom. The third kappa shape index (κ3) is 4.60. The van der Waals surface area contributed by atoms with E-state index in [1.165, 1.54) is 24.3 Å². The molecule has 0 aliphatic heterocycles. The van der Waals surface area contributed by atoms with Crippen LogP contribution in [-0.4, -0.2) is 23.2 Å². The zero-order valence-electron chi connectivity index (χ0n) is 14.5. The van der Waals surface area contributed by atoms with Crippen molar-refractivity contribution >= 4 is 23.3 Å². The minimum Gasteiger partial charge on any atom is -0.441 e. The van der Waals surface area contributed by atoms with Crippen molar-refractivity contribution in [1.82, 2.24) is 10.3 Å². The number of nitrogens with one attached hydrogen (secondary N) is 1. The number of hydrogen-bond donors (Lipinski definition) is 1. The summed E-state index contributed by atoms with van der Waals surface area (Å²) in [6.45, 7) is 1.53. The van der Waals surface area contributed by atoms with Crippen LogP contribution in [0.4, 0.5) is 4.39 Å². The van der Waals surface area contributed by atoms with Gasteiger partial charge in [0.15, 0.2) is 5.78 Å². The zero-order valence-corrected chi connectivity index (χ0v) is 15.2. The molecule has 27 heavy (non-hydrogen) atoms. The minimum absolute atomic E-state index is 0.0313. The van der Waals surface area contributed by atoms with Crippen molar-refractivity contribution < 1.29 is 18.4 Å². The number of aromatic nitrogens is 1. The summed E-state index contributed by atoms with van der Waals surface area (Å²) in [6.07, 6.45) is -0.0313. The highest BCUT2D eigenvalue weighted by atomic mass is 35.5. The maximum atomic E-state index is 12.9. The number of hydrogen-bond acceptors (Lipinski definition) is 4. The van der Waals surface area contributed by atoms with Crippen LogP contribution < -0.4 is 5.32 Å². The summed E-state index contributed by atoms with van der Waals surface area (Å²) in [5, 5.41) is 3.04. The Labute approximate surface area is 160 Å². The van der Waals surface area contributed by atoms with Gasteiger partial charge in [0.2, 0.25) is 11.8 Å². The number of oxazole rings is 1. The standard InChI is InChI=1S/C20H16ClFN2O3/c1-12-17(24-20(27-12)15-4-2-3-5-16(15)21)10-19(26)23-11-18(25)13-6-8-14(22)9-7-13/h2-9H,10-11H2,1H3,(H,23,26). The van der Waals surface area contributed by atoms with E-state index in [1.54, 1.807) is 25.1 Å². The molecule has 3 aromatic rings. The van der Waals surface area contributed by atoms with Crippen LogP contribution in [0, 0.1) is 12.7 Å². The average molecular weight is 387 g/mol. The molecule has 0 atom stereocenters. The second-order valence-electron chi connectivity index (χ2n) is 5.89. The Kier molecular flexibility index (Phi) is 5.66. The van der Waals surface area contributed by atoms with Crippen LogP contribution in [0.25, 0.3) is 11.5 Å². The molecule has 0 aliphatic carbocycles. The van der Waals surface area contributed by atoms with Crippen molar-refractivity contribution in [3.8, 4) is 11.5 Å². The lowest BCUT2D eigenvalue weighted by atomic mass is 10.1. The summed E-state index contributed by atoms with van der Waals surface area (Å²) in [6, 6.07) is 12.3. The number of aryl methyl sites for hydroxylation is 1. The first kappa shape index (κ1) is 18.8. The van der Waals surface area contributed by atoms with E-state index in [1.807, 2.05) is 6.07 Å². The minimum atomic E-state index is -0.425. The lowest BCUT2D eigenvalue weighted by molar-refractivity contribution is -0.120. The number of carbonyl (C=O) groups is 2. The third-order valence-corrected chi connectivity index (χ3v) is 4.27. The van der Waals surface area contributed by atoms with Crippen LogP contribution in [0.1, 0.15) is 21.8 Å². The van der Waals surface area contributed by atoms with E-state index in [0.29, 0.717) is 33.5 Å². The van der Waals surface area contributed by atoms with E-state index in [0.717, 1.165) is 0 Å². The van der Waals surface area contributed by atoms with Gasteiger partial charge in [-0.3, -0.25) is 9.59 Å². The Bertz CT molecular complexity index is 983. The second kappa shape index (κ2) is 8.14. The fourth-order valence-corrected chi connectivity index (χ4v) is 2.69. The molecule has 0 aliphatic rings. The van der Waals surface area contributed by atoms with Crippen molar-refractivity contribution in [3.05, 3.63) is 76.4 Å². The van der Waals surface area contributed by atoms with Gasteiger partial charge in [0.05, 0.1) is 29.2 Å². The molecule has 1 N–H and O–H groups in total. The molecule has 1 amide bonds. The van der Waals surface area contributed by atoms with Crippen molar-refractivity contribution in [1.29, 1.82) is 0 Å². The molecule has 1 heterocycles. The molecule has 0 unspecified atom stereocenters. The lowest BCUT2D eigenvalue weighted by Gasteiger charge is -2.04. The van der Waals surface area contributed by atoms with Gasteiger partial charge in [0, 0.05) is 5.56 Å². The SMILES string of the molecule is Cc1oc(-c2ccccc2Cl)nc1CC(=O)NCC(=O)c1ccc(F)cc1.